The quantitative estimate of drug-likeness (QED) is 0.910. The highest BCUT2D eigenvalue weighted by Gasteiger charge is 2.32. The number of carbonyl (C=O) groups excluding carboxylic acids is 1. The summed E-state index contributed by atoms with van der Waals surface area (Å²) in [6.45, 7) is 0. The molecule has 0 saturated heterocycles. The number of rotatable bonds is 4. The number of hydrogen-bond acceptors (Lipinski definition) is 4. The van der Waals surface area contributed by atoms with Gasteiger partial charge in [-0.25, -0.2) is 0 Å². The van der Waals surface area contributed by atoms with Crippen molar-refractivity contribution in [3.63, 3.8) is 0 Å². The molecule has 0 unspecified atom stereocenters. The van der Waals surface area contributed by atoms with Crippen LogP contribution in [0.4, 0.5) is 0 Å². The maximum Gasteiger partial charge on any atom is 0.303 e. The topological polar surface area (TPSA) is 72.8 Å². The number of hydrogen-bond donors (Lipinski definition) is 1. The van der Waals surface area contributed by atoms with Crippen molar-refractivity contribution in [3.8, 4) is 11.5 Å². The largest absolute Gasteiger partial charge is 0.496 e. The van der Waals surface area contributed by atoms with Gasteiger partial charge in [0.25, 0.3) is 0 Å². The molecule has 1 aliphatic carbocycles. The van der Waals surface area contributed by atoms with Gasteiger partial charge in [-0.3, -0.25) is 9.59 Å². The number of carboxylic acid groups (broad SMARTS) is 1. The molecular formula is C14H15BrO5. The van der Waals surface area contributed by atoms with Gasteiger partial charge in [0.05, 0.1) is 24.3 Å². The van der Waals surface area contributed by atoms with Crippen molar-refractivity contribution < 1.29 is 24.2 Å². The lowest BCUT2D eigenvalue weighted by atomic mass is 9.81. The lowest BCUT2D eigenvalue weighted by molar-refractivity contribution is -0.138. The van der Waals surface area contributed by atoms with E-state index in [1.807, 2.05) is 0 Å². The molecule has 20 heavy (non-hydrogen) atoms. The molecule has 0 heterocycles. The van der Waals surface area contributed by atoms with Gasteiger partial charge in [-0.2, -0.15) is 0 Å². The first-order chi connectivity index (χ1) is 9.47. The molecule has 0 fully saturated rings. The van der Waals surface area contributed by atoms with Gasteiger partial charge in [0.15, 0.2) is 5.78 Å². The first kappa shape index (κ1) is 14.8. The number of benzene rings is 1. The molecule has 0 saturated carbocycles. The highest BCUT2D eigenvalue weighted by molar-refractivity contribution is 9.10. The Morgan fingerprint density at radius 3 is 2.55 bits per heavy atom. The lowest BCUT2D eigenvalue weighted by Crippen LogP contribution is -2.23. The zero-order valence-electron chi connectivity index (χ0n) is 11.2. The number of Topliss-reactive ketones (excluding diaryl/α,β-unsaturated/α-hetero) is 1. The average molecular weight is 343 g/mol. The van der Waals surface area contributed by atoms with E-state index in [4.69, 9.17) is 14.6 Å². The summed E-state index contributed by atoms with van der Waals surface area (Å²) in [6.07, 6.45) is 0.729. The smallest absolute Gasteiger partial charge is 0.303 e. The zero-order chi connectivity index (χ0) is 14.9. The Bertz CT molecular complexity index is 567. The van der Waals surface area contributed by atoms with E-state index in [1.165, 1.54) is 14.2 Å². The van der Waals surface area contributed by atoms with E-state index in [0.717, 1.165) is 5.56 Å². The molecule has 1 aromatic carbocycles. The Morgan fingerprint density at radius 1 is 1.35 bits per heavy atom. The second kappa shape index (κ2) is 5.83. The number of aliphatic carboxylic acids is 1. The van der Waals surface area contributed by atoms with E-state index in [-0.39, 0.29) is 24.5 Å². The van der Waals surface area contributed by atoms with Gasteiger partial charge >= 0.3 is 5.97 Å². The van der Waals surface area contributed by atoms with Gasteiger partial charge in [-0.05, 0) is 33.8 Å². The van der Waals surface area contributed by atoms with E-state index >= 15 is 0 Å². The Labute approximate surface area is 125 Å². The van der Waals surface area contributed by atoms with E-state index in [1.54, 1.807) is 6.07 Å². The van der Waals surface area contributed by atoms with Crippen molar-refractivity contribution in [1.82, 2.24) is 0 Å². The monoisotopic (exact) mass is 342 g/mol. The number of methoxy groups -OCH3 is 2. The van der Waals surface area contributed by atoms with Gasteiger partial charge < -0.3 is 14.6 Å². The van der Waals surface area contributed by atoms with Crippen LogP contribution >= 0.6 is 15.9 Å². The minimum atomic E-state index is -0.891. The van der Waals surface area contributed by atoms with Crippen LogP contribution in [0.1, 0.15) is 28.8 Å². The highest BCUT2D eigenvalue weighted by atomic mass is 79.9. The summed E-state index contributed by atoms with van der Waals surface area (Å²) in [4.78, 5) is 23.1. The lowest BCUT2D eigenvalue weighted by Gasteiger charge is -2.26. The summed E-state index contributed by atoms with van der Waals surface area (Å²) in [5, 5.41) is 8.90. The summed E-state index contributed by atoms with van der Waals surface area (Å²) >= 11 is 3.43. The molecule has 1 aliphatic rings. The predicted octanol–water partition coefficient (Wildman–Crippen LogP) is 2.69. The second-order valence-electron chi connectivity index (χ2n) is 4.74. The van der Waals surface area contributed by atoms with Crippen LogP contribution < -0.4 is 9.47 Å². The third-order valence-electron chi connectivity index (χ3n) is 3.44. The Morgan fingerprint density at radius 2 is 2.00 bits per heavy atom. The Kier molecular flexibility index (Phi) is 4.32. The summed E-state index contributed by atoms with van der Waals surface area (Å²) in [5.41, 5.74) is 1.30. The van der Waals surface area contributed by atoms with Crippen molar-refractivity contribution in [1.29, 1.82) is 0 Å². The Hall–Kier alpha value is -1.56. The Balaban J connectivity index is 2.51. The van der Waals surface area contributed by atoms with Crippen LogP contribution in [-0.4, -0.2) is 31.1 Å². The minimum absolute atomic E-state index is 0.0167. The highest BCUT2D eigenvalue weighted by Crippen LogP contribution is 2.42. The third kappa shape index (κ3) is 2.65. The fraction of sp³-hybridized carbons (Fsp3) is 0.429. The van der Waals surface area contributed by atoms with Crippen LogP contribution in [0.2, 0.25) is 0 Å². The van der Waals surface area contributed by atoms with Crippen molar-refractivity contribution in [2.24, 2.45) is 5.92 Å². The number of halogens is 1. The molecular weight excluding hydrogens is 328 g/mol. The first-order valence-electron chi connectivity index (χ1n) is 6.16. The maximum absolute atomic E-state index is 12.3. The average Bonchev–Trinajstić information content (AvgIpc) is 2.39. The molecule has 0 aromatic heterocycles. The fourth-order valence-corrected chi connectivity index (χ4v) is 3.22. The van der Waals surface area contributed by atoms with E-state index in [0.29, 0.717) is 28.0 Å². The van der Waals surface area contributed by atoms with Crippen molar-refractivity contribution in [3.05, 3.63) is 21.7 Å². The van der Waals surface area contributed by atoms with Crippen LogP contribution in [0.5, 0.6) is 11.5 Å². The van der Waals surface area contributed by atoms with Crippen molar-refractivity contribution in [2.45, 2.75) is 19.3 Å². The molecule has 0 amide bonds. The summed E-state index contributed by atoms with van der Waals surface area (Å²) in [5.74, 6) is -0.126. The molecule has 0 aliphatic heterocycles. The van der Waals surface area contributed by atoms with Crippen LogP contribution in [-0.2, 0) is 11.2 Å². The number of fused-ring (bicyclic) bond motifs is 1. The number of ether oxygens (including phenoxy) is 2. The molecule has 1 N–H and O–H groups in total. The molecule has 108 valence electrons. The van der Waals surface area contributed by atoms with Crippen molar-refractivity contribution >= 4 is 27.7 Å². The van der Waals surface area contributed by atoms with E-state index in [9.17, 15) is 9.59 Å². The molecule has 0 radical (unpaired) electrons. The standard InChI is InChI=1S/C14H15BrO5/c1-19-10-6-11(20-2)14(15)8-3-7(5-12(17)18)4-9(16)13(8)10/h6-7H,3-5H2,1-2H3,(H,17,18)/t7-/m1/s1. The van der Waals surface area contributed by atoms with Crippen LogP contribution in [0, 0.1) is 5.92 Å². The predicted molar refractivity (Wildman–Crippen MR) is 75.6 cm³/mol. The van der Waals surface area contributed by atoms with Crippen LogP contribution in [0.15, 0.2) is 10.5 Å². The number of carboxylic acids is 1. The number of ketones is 1. The van der Waals surface area contributed by atoms with Crippen LogP contribution in [0.3, 0.4) is 0 Å². The van der Waals surface area contributed by atoms with Gasteiger partial charge in [-0.1, -0.05) is 0 Å². The molecule has 1 atom stereocenters. The van der Waals surface area contributed by atoms with E-state index in [2.05, 4.69) is 15.9 Å². The SMILES string of the molecule is COc1cc(OC)c2c(c1Br)C[C@@H](CC(=O)O)CC2=O. The van der Waals surface area contributed by atoms with Crippen molar-refractivity contribution in [2.75, 3.05) is 14.2 Å². The molecule has 0 bridgehead atoms. The first-order valence-corrected chi connectivity index (χ1v) is 6.95. The summed E-state index contributed by atoms with van der Waals surface area (Å²) in [6, 6.07) is 1.67. The minimum Gasteiger partial charge on any atom is -0.496 e. The second-order valence-corrected chi connectivity index (χ2v) is 5.54. The molecule has 6 heteroatoms. The fourth-order valence-electron chi connectivity index (χ4n) is 2.59. The van der Waals surface area contributed by atoms with Gasteiger partial charge in [0.2, 0.25) is 0 Å². The van der Waals surface area contributed by atoms with Gasteiger partial charge in [0, 0.05) is 18.9 Å². The van der Waals surface area contributed by atoms with Gasteiger partial charge in [0.1, 0.15) is 11.5 Å². The molecule has 1 aromatic rings. The summed E-state index contributed by atoms with van der Waals surface area (Å²) in [7, 11) is 3.03. The summed E-state index contributed by atoms with van der Waals surface area (Å²) < 4.78 is 11.2. The third-order valence-corrected chi connectivity index (χ3v) is 4.31. The molecule has 0 spiro atoms. The van der Waals surface area contributed by atoms with Gasteiger partial charge in [-0.15, -0.1) is 0 Å². The maximum atomic E-state index is 12.3. The van der Waals surface area contributed by atoms with E-state index < -0.39 is 5.97 Å². The molecule has 2 rings (SSSR count). The number of carbonyl (C=O) groups is 2. The zero-order valence-corrected chi connectivity index (χ0v) is 12.8. The normalized spacial score (nSPS) is 17.6. The van der Waals surface area contributed by atoms with Crippen LogP contribution in [0.25, 0.3) is 0 Å². The molecule has 5 nitrogen and oxygen atoms in total.